The molecule has 1 atom stereocenters. The molecule has 3 fully saturated rings. The summed E-state index contributed by atoms with van der Waals surface area (Å²) in [7, 11) is 3.85. The van der Waals surface area contributed by atoms with Crippen LogP contribution in [0.2, 0.25) is 5.02 Å². The molecule has 2 N–H and O–H groups in total. The standard InChI is InChI=1S/C34H32ClN7O5/c1-39(2)22-7-9-27(26(35)15-22)37-33(47)34(12-3-13-34)41-19-20(16-36-41)4-5-21-17-40(18-21)23-6-8-24-25(14-23)32(46)42(31(24)45)28-10-11-29(43)38-30(28)44/h6-9,14-16,19,21,28H,3,10-13,17-18H2,1-2H3,(H,37,47)(H,38,43,44). The van der Waals surface area contributed by atoms with Crippen molar-refractivity contribution in [3.8, 4) is 11.8 Å². The summed E-state index contributed by atoms with van der Waals surface area (Å²) in [5.41, 5.74) is 2.70. The number of carbonyl (C=O) groups excluding carboxylic acids is 5. The fourth-order valence-corrected chi connectivity index (χ4v) is 6.66. The number of amides is 5. The lowest BCUT2D eigenvalue weighted by atomic mass is 9.76. The third-order valence-electron chi connectivity index (χ3n) is 9.43. The molecule has 2 saturated heterocycles. The number of piperidine rings is 1. The maximum absolute atomic E-state index is 13.5. The van der Waals surface area contributed by atoms with E-state index in [1.807, 2.05) is 37.3 Å². The van der Waals surface area contributed by atoms with E-state index < -0.39 is 35.2 Å². The van der Waals surface area contributed by atoms with Crippen LogP contribution in [0.15, 0.2) is 48.8 Å². The molecule has 0 radical (unpaired) electrons. The first-order valence-electron chi connectivity index (χ1n) is 15.5. The van der Waals surface area contributed by atoms with E-state index in [2.05, 4.69) is 32.5 Å². The van der Waals surface area contributed by atoms with E-state index in [1.165, 1.54) is 0 Å². The first kappa shape index (κ1) is 30.5. The molecular weight excluding hydrogens is 622 g/mol. The topological polar surface area (TPSA) is 137 Å². The molecule has 4 heterocycles. The van der Waals surface area contributed by atoms with Crippen LogP contribution in [0.4, 0.5) is 17.1 Å². The van der Waals surface area contributed by atoms with Gasteiger partial charge in [-0.25, -0.2) is 0 Å². The molecule has 47 heavy (non-hydrogen) atoms. The predicted molar refractivity (Wildman–Crippen MR) is 174 cm³/mol. The average molecular weight is 654 g/mol. The van der Waals surface area contributed by atoms with Crippen molar-refractivity contribution in [2.75, 3.05) is 42.3 Å². The first-order valence-corrected chi connectivity index (χ1v) is 15.9. The Kier molecular flexibility index (Phi) is 7.51. The minimum Gasteiger partial charge on any atom is -0.378 e. The van der Waals surface area contributed by atoms with E-state index in [-0.39, 0.29) is 35.8 Å². The van der Waals surface area contributed by atoms with Crippen molar-refractivity contribution in [1.29, 1.82) is 0 Å². The zero-order valence-corrected chi connectivity index (χ0v) is 26.6. The fraction of sp³-hybridized carbons (Fsp3) is 0.353. The van der Waals surface area contributed by atoms with Crippen LogP contribution < -0.4 is 20.4 Å². The number of hydrogen-bond acceptors (Lipinski definition) is 8. The van der Waals surface area contributed by atoms with Crippen molar-refractivity contribution in [3.63, 3.8) is 0 Å². The van der Waals surface area contributed by atoms with Gasteiger partial charge >= 0.3 is 0 Å². The highest BCUT2D eigenvalue weighted by molar-refractivity contribution is 6.34. The monoisotopic (exact) mass is 653 g/mol. The van der Waals surface area contributed by atoms with Gasteiger partial charge in [0.1, 0.15) is 11.6 Å². The summed E-state index contributed by atoms with van der Waals surface area (Å²) >= 11 is 6.46. The van der Waals surface area contributed by atoms with Crippen molar-refractivity contribution >= 4 is 58.2 Å². The van der Waals surface area contributed by atoms with Gasteiger partial charge in [0, 0.05) is 51.2 Å². The highest BCUT2D eigenvalue weighted by Crippen LogP contribution is 2.41. The number of benzene rings is 2. The summed E-state index contributed by atoms with van der Waals surface area (Å²) < 4.78 is 1.71. The molecule has 2 aromatic carbocycles. The molecule has 1 saturated carbocycles. The lowest BCUT2D eigenvalue weighted by Crippen LogP contribution is -2.54. The zero-order chi connectivity index (χ0) is 33.0. The van der Waals surface area contributed by atoms with Crippen LogP contribution in [0.5, 0.6) is 0 Å². The van der Waals surface area contributed by atoms with E-state index in [9.17, 15) is 24.0 Å². The molecule has 13 heteroatoms. The van der Waals surface area contributed by atoms with Gasteiger partial charge in [0.25, 0.3) is 17.7 Å². The third-order valence-corrected chi connectivity index (χ3v) is 9.75. The second kappa shape index (κ2) is 11.6. The summed E-state index contributed by atoms with van der Waals surface area (Å²) in [5, 5.41) is 10.2. The number of rotatable bonds is 6. The molecule has 3 aromatic rings. The van der Waals surface area contributed by atoms with Gasteiger partial charge in [0.15, 0.2) is 0 Å². The van der Waals surface area contributed by atoms with Crippen molar-refractivity contribution in [3.05, 3.63) is 70.5 Å². The van der Waals surface area contributed by atoms with Crippen LogP contribution in [0.1, 0.15) is 58.4 Å². The Balaban J connectivity index is 0.984. The Bertz CT molecular complexity index is 1910. The Morgan fingerprint density at radius 1 is 1.06 bits per heavy atom. The van der Waals surface area contributed by atoms with Gasteiger partial charge in [-0.15, -0.1) is 0 Å². The van der Waals surface area contributed by atoms with E-state index in [4.69, 9.17) is 11.6 Å². The third kappa shape index (κ3) is 5.30. The molecule has 0 spiro atoms. The van der Waals surface area contributed by atoms with E-state index >= 15 is 0 Å². The van der Waals surface area contributed by atoms with Crippen LogP contribution in [0, 0.1) is 17.8 Å². The lowest BCUT2D eigenvalue weighted by Gasteiger charge is -2.40. The Labute approximate surface area is 276 Å². The molecule has 240 valence electrons. The minimum atomic E-state index is -0.996. The van der Waals surface area contributed by atoms with Crippen LogP contribution >= 0.6 is 11.6 Å². The maximum Gasteiger partial charge on any atom is 0.262 e. The summed E-state index contributed by atoms with van der Waals surface area (Å²) in [6.45, 7) is 1.28. The molecular formula is C34H32ClN7O5. The van der Waals surface area contributed by atoms with E-state index in [0.29, 0.717) is 42.2 Å². The van der Waals surface area contributed by atoms with Crippen molar-refractivity contribution in [1.82, 2.24) is 20.0 Å². The van der Waals surface area contributed by atoms with E-state index in [0.717, 1.165) is 22.7 Å². The predicted octanol–water partition coefficient (Wildman–Crippen LogP) is 3.01. The second-order valence-corrected chi connectivity index (χ2v) is 13.0. The molecule has 12 nitrogen and oxygen atoms in total. The summed E-state index contributed by atoms with van der Waals surface area (Å²) in [4.78, 5) is 68.5. The number of imide groups is 2. The van der Waals surface area contributed by atoms with E-state index in [1.54, 1.807) is 35.1 Å². The summed E-state index contributed by atoms with van der Waals surface area (Å²) in [6.07, 6.45) is 5.92. The zero-order valence-electron chi connectivity index (χ0n) is 25.9. The quantitative estimate of drug-likeness (QED) is 0.306. The molecule has 5 amide bonds. The summed E-state index contributed by atoms with van der Waals surface area (Å²) in [5.74, 6) is 4.31. The number of halogens is 1. The molecule has 3 aliphatic heterocycles. The Morgan fingerprint density at radius 3 is 2.51 bits per heavy atom. The van der Waals surface area contributed by atoms with Crippen LogP contribution in [0.3, 0.4) is 0 Å². The average Bonchev–Trinajstić information content (AvgIpc) is 3.55. The SMILES string of the molecule is CN(C)c1ccc(NC(=O)C2(n3cc(C#CC4CN(c5ccc6c(c5)C(=O)N(C5CCC(=O)NC5=O)C6=O)C4)cn3)CCC2)c(Cl)c1. The van der Waals surface area contributed by atoms with Gasteiger partial charge in [0.2, 0.25) is 11.8 Å². The molecule has 4 aliphatic rings. The van der Waals surface area contributed by atoms with Gasteiger partial charge in [-0.1, -0.05) is 23.4 Å². The first-order chi connectivity index (χ1) is 22.5. The molecule has 0 bridgehead atoms. The van der Waals surface area contributed by atoms with Gasteiger partial charge in [-0.2, -0.15) is 5.10 Å². The van der Waals surface area contributed by atoms with Gasteiger partial charge < -0.3 is 15.1 Å². The molecule has 7 rings (SSSR count). The molecule has 1 aliphatic carbocycles. The number of aromatic nitrogens is 2. The number of carbonyl (C=O) groups is 5. The highest BCUT2D eigenvalue weighted by atomic mass is 35.5. The van der Waals surface area contributed by atoms with Crippen LogP contribution in [-0.2, 0) is 19.9 Å². The number of hydrogen-bond donors (Lipinski definition) is 2. The highest BCUT2D eigenvalue weighted by Gasteiger charge is 2.47. The number of fused-ring (bicyclic) bond motifs is 1. The van der Waals surface area contributed by atoms with Crippen molar-refractivity contribution in [2.24, 2.45) is 5.92 Å². The van der Waals surface area contributed by atoms with Gasteiger partial charge in [-0.05, 0) is 62.1 Å². The minimum absolute atomic E-state index is 0.0734. The smallest absolute Gasteiger partial charge is 0.262 e. The van der Waals surface area contributed by atoms with Gasteiger partial charge in [-0.3, -0.25) is 38.9 Å². The Morgan fingerprint density at radius 2 is 1.83 bits per heavy atom. The second-order valence-electron chi connectivity index (χ2n) is 12.6. The molecule has 1 unspecified atom stereocenters. The van der Waals surface area contributed by atoms with Crippen LogP contribution in [-0.4, -0.2) is 77.4 Å². The number of nitrogens with one attached hydrogen (secondary N) is 2. The summed E-state index contributed by atoms with van der Waals surface area (Å²) in [6, 6.07) is 9.62. The van der Waals surface area contributed by atoms with Crippen LogP contribution in [0.25, 0.3) is 0 Å². The van der Waals surface area contributed by atoms with Crippen molar-refractivity contribution < 1.29 is 24.0 Å². The Hall–Kier alpha value is -5.15. The number of nitrogens with zero attached hydrogens (tertiary/aromatic N) is 5. The normalized spacial score (nSPS) is 20.1. The van der Waals surface area contributed by atoms with Gasteiger partial charge in [0.05, 0.1) is 39.5 Å². The fourth-order valence-electron chi connectivity index (χ4n) is 6.44. The largest absolute Gasteiger partial charge is 0.378 e. The number of anilines is 3. The lowest BCUT2D eigenvalue weighted by molar-refractivity contribution is -0.136. The van der Waals surface area contributed by atoms with Crippen molar-refractivity contribution in [2.45, 2.75) is 43.7 Å². The maximum atomic E-state index is 13.5. The molecule has 1 aromatic heterocycles.